The first-order valence-electron chi connectivity index (χ1n) is 6.77. The minimum atomic E-state index is -0.716. The van der Waals surface area contributed by atoms with Crippen molar-refractivity contribution in [1.82, 2.24) is 4.90 Å². The second-order valence-corrected chi connectivity index (χ2v) is 4.83. The Morgan fingerprint density at radius 3 is 2.95 bits per heavy atom. The van der Waals surface area contributed by atoms with Gasteiger partial charge in [-0.25, -0.2) is 4.79 Å². The van der Waals surface area contributed by atoms with Crippen LogP contribution in [0.1, 0.15) is 5.56 Å². The molecule has 2 rings (SSSR count). The lowest BCUT2D eigenvalue weighted by molar-refractivity contribution is -0.163. The molecule has 0 radical (unpaired) electrons. The first-order valence-corrected chi connectivity index (χ1v) is 6.77. The molecule has 0 bridgehead atoms. The minimum absolute atomic E-state index is 0.0582. The van der Waals surface area contributed by atoms with Crippen molar-refractivity contribution >= 4 is 11.9 Å². The molecule has 0 spiro atoms. The molecular weight excluding hydrogens is 274 g/mol. The van der Waals surface area contributed by atoms with Crippen molar-refractivity contribution < 1.29 is 23.8 Å². The van der Waals surface area contributed by atoms with Crippen molar-refractivity contribution in [2.24, 2.45) is 0 Å². The first-order chi connectivity index (χ1) is 10.1. The van der Waals surface area contributed by atoms with Crippen molar-refractivity contribution in [2.75, 3.05) is 33.4 Å². The highest BCUT2D eigenvalue weighted by molar-refractivity contribution is 5.80. The van der Waals surface area contributed by atoms with Crippen LogP contribution in [0.3, 0.4) is 0 Å². The average molecular weight is 293 g/mol. The Hall–Kier alpha value is -2.08. The molecule has 114 valence electrons. The highest BCUT2D eigenvalue weighted by atomic mass is 16.6. The van der Waals surface area contributed by atoms with E-state index in [2.05, 4.69) is 4.74 Å². The maximum Gasteiger partial charge on any atom is 0.336 e. The van der Waals surface area contributed by atoms with Crippen LogP contribution in [0.2, 0.25) is 0 Å². The fourth-order valence-electron chi connectivity index (χ4n) is 2.09. The zero-order valence-corrected chi connectivity index (χ0v) is 12.2. The number of carbonyl (C=O) groups excluding carboxylic acids is 2. The van der Waals surface area contributed by atoms with Gasteiger partial charge in [0.1, 0.15) is 5.75 Å². The first kappa shape index (κ1) is 15.3. The van der Waals surface area contributed by atoms with E-state index in [0.29, 0.717) is 18.9 Å². The lowest BCUT2D eigenvalue weighted by Gasteiger charge is -2.31. The van der Waals surface area contributed by atoms with Crippen LogP contribution < -0.4 is 4.74 Å². The van der Waals surface area contributed by atoms with Crippen LogP contribution in [0.15, 0.2) is 24.3 Å². The molecule has 1 saturated heterocycles. The van der Waals surface area contributed by atoms with Crippen molar-refractivity contribution in [3.05, 3.63) is 29.8 Å². The van der Waals surface area contributed by atoms with Crippen LogP contribution >= 0.6 is 0 Å². The van der Waals surface area contributed by atoms with E-state index in [9.17, 15) is 9.59 Å². The van der Waals surface area contributed by atoms with E-state index in [1.807, 2.05) is 25.1 Å². The maximum atomic E-state index is 12.1. The summed E-state index contributed by atoms with van der Waals surface area (Å²) in [5.74, 6) is 0.0157. The Balaban J connectivity index is 1.86. The molecule has 6 heteroatoms. The lowest BCUT2D eigenvalue weighted by atomic mass is 10.2. The molecular formula is C15H19NO5. The van der Waals surface area contributed by atoms with Crippen LogP contribution in [0.25, 0.3) is 0 Å². The fourth-order valence-corrected chi connectivity index (χ4v) is 2.09. The van der Waals surface area contributed by atoms with Gasteiger partial charge < -0.3 is 19.1 Å². The van der Waals surface area contributed by atoms with Crippen LogP contribution in [0, 0.1) is 6.92 Å². The average Bonchev–Trinajstić information content (AvgIpc) is 2.52. The summed E-state index contributed by atoms with van der Waals surface area (Å²) in [5.41, 5.74) is 1.07. The maximum absolute atomic E-state index is 12.1. The summed E-state index contributed by atoms with van der Waals surface area (Å²) in [7, 11) is 1.30. The third kappa shape index (κ3) is 4.19. The van der Waals surface area contributed by atoms with Crippen molar-refractivity contribution in [3.63, 3.8) is 0 Å². The number of hydrogen-bond donors (Lipinski definition) is 0. The van der Waals surface area contributed by atoms with Gasteiger partial charge in [0.05, 0.1) is 20.3 Å². The molecule has 1 aliphatic rings. The van der Waals surface area contributed by atoms with Crippen LogP contribution in [-0.2, 0) is 19.1 Å². The summed E-state index contributed by atoms with van der Waals surface area (Å²) in [6.45, 7) is 2.86. The number of hydrogen-bond acceptors (Lipinski definition) is 5. The molecule has 1 heterocycles. The van der Waals surface area contributed by atoms with Gasteiger partial charge in [-0.2, -0.15) is 0 Å². The molecule has 1 amide bonds. The summed E-state index contributed by atoms with van der Waals surface area (Å²) in [4.78, 5) is 25.1. The van der Waals surface area contributed by atoms with E-state index >= 15 is 0 Å². The molecule has 0 aliphatic carbocycles. The molecule has 1 unspecified atom stereocenters. The fraction of sp³-hybridized carbons (Fsp3) is 0.467. The molecule has 21 heavy (non-hydrogen) atoms. The number of amides is 1. The standard InChI is InChI=1S/C15H19NO5/c1-11-4-3-5-12(8-11)21-10-14(17)16-6-7-20-13(9-16)15(18)19-2/h3-5,8,13H,6-7,9-10H2,1-2H3. The molecule has 0 saturated carbocycles. The van der Waals surface area contributed by atoms with Crippen molar-refractivity contribution in [3.8, 4) is 5.75 Å². The zero-order chi connectivity index (χ0) is 15.2. The smallest absolute Gasteiger partial charge is 0.336 e. The van der Waals surface area contributed by atoms with Gasteiger partial charge in [0.2, 0.25) is 0 Å². The molecule has 0 N–H and O–H groups in total. The molecule has 1 aliphatic heterocycles. The van der Waals surface area contributed by atoms with E-state index < -0.39 is 12.1 Å². The number of rotatable bonds is 4. The van der Waals surface area contributed by atoms with Gasteiger partial charge >= 0.3 is 5.97 Å². The molecule has 1 atom stereocenters. The van der Waals surface area contributed by atoms with Crippen molar-refractivity contribution in [1.29, 1.82) is 0 Å². The number of morpholine rings is 1. The van der Waals surface area contributed by atoms with E-state index in [1.165, 1.54) is 7.11 Å². The highest BCUT2D eigenvalue weighted by Gasteiger charge is 2.29. The molecule has 1 fully saturated rings. The van der Waals surface area contributed by atoms with Crippen LogP contribution in [0.4, 0.5) is 0 Å². The predicted molar refractivity (Wildman–Crippen MR) is 75.0 cm³/mol. The predicted octanol–water partition coefficient (Wildman–Crippen LogP) is 0.774. The molecule has 1 aromatic rings. The largest absolute Gasteiger partial charge is 0.484 e. The van der Waals surface area contributed by atoms with Gasteiger partial charge in [-0.15, -0.1) is 0 Å². The number of ether oxygens (including phenoxy) is 3. The molecule has 6 nitrogen and oxygen atoms in total. The topological polar surface area (TPSA) is 65.1 Å². The second kappa shape index (κ2) is 7.08. The van der Waals surface area contributed by atoms with Crippen LogP contribution in [0.5, 0.6) is 5.75 Å². The Morgan fingerprint density at radius 1 is 1.43 bits per heavy atom. The number of nitrogens with zero attached hydrogens (tertiary/aromatic N) is 1. The molecule has 1 aromatic carbocycles. The van der Waals surface area contributed by atoms with E-state index in [4.69, 9.17) is 9.47 Å². The Morgan fingerprint density at radius 2 is 2.24 bits per heavy atom. The summed E-state index contributed by atoms with van der Waals surface area (Å²) in [6.07, 6.45) is -0.716. The van der Waals surface area contributed by atoms with Gasteiger partial charge in [0, 0.05) is 6.54 Å². The number of esters is 1. The second-order valence-electron chi connectivity index (χ2n) is 4.83. The zero-order valence-electron chi connectivity index (χ0n) is 12.2. The van der Waals surface area contributed by atoms with Gasteiger partial charge in [-0.1, -0.05) is 12.1 Å². The van der Waals surface area contributed by atoms with Crippen LogP contribution in [-0.4, -0.2) is 56.3 Å². The third-order valence-corrected chi connectivity index (χ3v) is 3.24. The van der Waals surface area contributed by atoms with E-state index in [-0.39, 0.29) is 19.1 Å². The van der Waals surface area contributed by atoms with Gasteiger partial charge in [-0.3, -0.25) is 4.79 Å². The van der Waals surface area contributed by atoms with Gasteiger partial charge in [0.25, 0.3) is 5.91 Å². The Kier molecular flexibility index (Phi) is 5.16. The Labute approximate surface area is 123 Å². The monoisotopic (exact) mass is 293 g/mol. The number of carbonyl (C=O) groups is 2. The van der Waals surface area contributed by atoms with Gasteiger partial charge in [-0.05, 0) is 24.6 Å². The van der Waals surface area contributed by atoms with Crippen molar-refractivity contribution in [2.45, 2.75) is 13.0 Å². The highest BCUT2D eigenvalue weighted by Crippen LogP contribution is 2.13. The van der Waals surface area contributed by atoms with E-state index in [1.54, 1.807) is 11.0 Å². The number of methoxy groups -OCH3 is 1. The SMILES string of the molecule is COC(=O)C1CN(C(=O)COc2cccc(C)c2)CCO1. The molecule has 0 aromatic heterocycles. The number of aryl methyl sites for hydroxylation is 1. The Bertz CT molecular complexity index is 517. The van der Waals surface area contributed by atoms with Gasteiger partial charge in [0.15, 0.2) is 12.7 Å². The summed E-state index contributed by atoms with van der Waals surface area (Å²) in [6, 6.07) is 7.50. The normalized spacial score (nSPS) is 18.2. The number of benzene rings is 1. The minimum Gasteiger partial charge on any atom is -0.484 e. The van der Waals surface area contributed by atoms with E-state index in [0.717, 1.165) is 5.56 Å². The lowest BCUT2D eigenvalue weighted by Crippen LogP contribution is -2.50. The summed E-state index contributed by atoms with van der Waals surface area (Å²) >= 11 is 0. The quantitative estimate of drug-likeness (QED) is 0.767. The third-order valence-electron chi connectivity index (χ3n) is 3.24. The summed E-state index contributed by atoms with van der Waals surface area (Å²) < 4.78 is 15.4. The summed E-state index contributed by atoms with van der Waals surface area (Å²) in [5, 5.41) is 0.